The lowest BCUT2D eigenvalue weighted by Crippen LogP contribution is -2.02. The van der Waals surface area contributed by atoms with Crippen molar-refractivity contribution in [3.05, 3.63) is 38.7 Å². The molecule has 5 heteroatoms. The molecule has 0 amide bonds. The molecule has 0 spiro atoms. The van der Waals surface area contributed by atoms with Crippen LogP contribution in [0.1, 0.15) is 17.0 Å². The molecule has 0 saturated carbocycles. The zero-order valence-electron chi connectivity index (χ0n) is 9.25. The van der Waals surface area contributed by atoms with Crippen molar-refractivity contribution < 1.29 is 0 Å². The van der Waals surface area contributed by atoms with Gasteiger partial charge < -0.3 is 0 Å². The van der Waals surface area contributed by atoms with E-state index in [0.29, 0.717) is 10.8 Å². The van der Waals surface area contributed by atoms with Gasteiger partial charge in [0.25, 0.3) is 0 Å². The first-order valence-electron chi connectivity index (χ1n) is 4.85. The van der Waals surface area contributed by atoms with Crippen LogP contribution in [0, 0.1) is 20.8 Å². The van der Waals surface area contributed by atoms with E-state index in [1.807, 2.05) is 26.8 Å². The van der Waals surface area contributed by atoms with Crippen molar-refractivity contribution in [2.45, 2.75) is 20.8 Å². The van der Waals surface area contributed by atoms with Gasteiger partial charge in [0.05, 0.1) is 10.7 Å². The molecule has 0 aliphatic rings. The van der Waals surface area contributed by atoms with Crippen molar-refractivity contribution in [2.75, 3.05) is 0 Å². The molecule has 16 heavy (non-hydrogen) atoms. The lowest BCUT2D eigenvalue weighted by molar-refractivity contribution is 0.805. The van der Waals surface area contributed by atoms with Gasteiger partial charge in [-0.3, -0.25) is 0 Å². The number of halogens is 2. The smallest absolute Gasteiger partial charge is 0.172 e. The van der Waals surface area contributed by atoms with E-state index in [0.717, 1.165) is 15.9 Å². The van der Waals surface area contributed by atoms with Gasteiger partial charge in [-0.15, -0.1) is 0 Å². The second-order valence-corrected chi connectivity index (χ2v) is 4.99. The minimum atomic E-state index is 0.583. The van der Waals surface area contributed by atoms with E-state index in [4.69, 9.17) is 11.6 Å². The molecule has 2 rings (SSSR count). The summed E-state index contributed by atoms with van der Waals surface area (Å²) in [5.41, 5.74) is 3.23. The van der Waals surface area contributed by atoms with Gasteiger partial charge in [0, 0.05) is 16.4 Å². The molecular formula is C11H11BrClN3. The van der Waals surface area contributed by atoms with Crippen molar-refractivity contribution in [2.24, 2.45) is 0 Å². The molecule has 0 radical (unpaired) electrons. The zero-order valence-corrected chi connectivity index (χ0v) is 11.6. The minimum Gasteiger partial charge on any atom is -0.235 e. The lowest BCUT2D eigenvalue weighted by atomic mass is 10.2. The first-order valence-corrected chi connectivity index (χ1v) is 6.02. The third-order valence-corrected chi connectivity index (χ3v) is 3.35. The fourth-order valence-electron chi connectivity index (χ4n) is 1.49. The number of hydrogen-bond acceptors (Lipinski definition) is 2. The Morgan fingerprint density at radius 3 is 2.50 bits per heavy atom. The molecule has 84 valence electrons. The number of aromatic nitrogens is 3. The first kappa shape index (κ1) is 11.6. The Hall–Kier alpha value is -0.870. The summed E-state index contributed by atoms with van der Waals surface area (Å²) in [4.78, 5) is 4.28. The van der Waals surface area contributed by atoms with Crippen LogP contribution in [-0.2, 0) is 0 Å². The standard InChI is InChI=1S/C11H11BrClN3/c1-6-7(2)15-16(8(6)3)11-10(13)4-9(12)5-14-11/h4-5H,1-3H3. The molecule has 3 nitrogen and oxygen atoms in total. The number of aryl methyl sites for hydroxylation is 1. The van der Waals surface area contributed by atoms with Crippen LogP contribution < -0.4 is 0 Å². The van der Waals surface area contributed by atoms with Gasteiger partial charge in [-0.1, -0.05) is 11.6 Å². The highest BCUT2D eigenvalue weighted by Crippen LogP contribution is 2.24. The van der Waals surface area contributed by atoms with Crippen molar-refractivity contribution in [3.63, 3.8) is 0 Å². The van der Waals surface area contributed by atoms with E-state index in [9.17, 15) is 0 Å². The summed E-state index contributed by atoms with van der Waals surface area (Å²) in [5.74, 6) is 0.665. The molecule has 2 heterocycles. The molecule has 2 aromatic heterocycles. The second-order valence-electron chi connectivity index (χ2n) is 3.67. The Labute approximate surface area is 108 Å². The predicted octanol–water partition coefficient (Wildman–Crippen LogP) is 3.61. The zero-order chi connectivity index (χ0) is 11.9. The van der Waals surface area contributed by atoms with Crippen molar-refractivity contribution in [1.29, 1.82) is 0 Å². The van der Waals surface area contributed by atoms with Crippen molar-refractivity contribution in [3.8, 4) is 5.82 Å². The van der Waals surface area contributed by atoms with E-state index < -0.39 is 0 Å². The lowest BCUT2D eigenvalue weighted by Gasteiger charge is -2.05. The summed E-state index contributed by atoms with van der Waals surface area (Å²) in [6.07, 6.45) is 1.72. The van der Waals surface area contributed by atoms with Gasteiger partial charge in [-0.05, 0) is 48.3 Å². The van der Waals surface area contributed by atoms with Crippen LogP contribution in [0.2, 0.25) is 5.02 Å². The molecule has 0 fully saturated rings. The highest BCUT2D eigenvalue weighted by atomic mass is 79.9. The average Bonchev–Trinajstić information content (AvgIpc) is 2.46. The maximum Gasteiger partial charge on any atom is 0.172 e. The second kappa shape index (κ2) is 4.18. The van der Waals surface area contributed by atoms with E-state index in [2.05, 4.69) is 26.0 Å². The predicted molar refractivity (Wildman–Crippen MR) is 68.3 cm³/mol. The maximum atomic E-state index is 6.14. The van der Waals surface area contributed by atoms with Crippen LogP contribution in [0.5, 0.6) is 0 Å². The SMILES string of the molecule is Cc1nn(-c2ncc(Br)cc2Cl)c(C)c1C. The molecule has 0 aromatic carbocycles. The first-order chi connectivity index (χ1) is 7.50. The van der Waals surface area contributed by atoms with Gasteiger partial charge in [-0.2, -0.15) is 5.10 Å². The molecule has 0 aliphatic heterocycles. The van der Waals surface area contributed by atoms with E-state index in [-0.39, 0.29) is 0 Å². The van der Waals surface area contributed by atoms with E-state index in [1.165, 1.54) is 5.56 Å². The van der Waals surface area contributed by atoms with Crippen LogP contribution in [-0.4, -0.2) is 14.8 Å². The van der Waals surface area contributed by atoms with Gasteiger partial charge in [0.2, 0.25) is 0 Å². The van der Waals surface area contributed by atoms with E-state index >= 15 is 0 Å². The number of hydrogen-bond donors (Lipinski definition) is 0. The fraction of sp³-hybridized carbons (Fsp3) is 0.273. The van der Waals surface area contributed by atoms with Crippen LogP contribution in [0.4, 0.5) is 0 Å². The summed E-state index contributed by atoms with van der Waals surface area (Å²) in [6.45, 7) is 6.03. The van der Waals surface area contributed by atoms with Crippen LogP contribution in [0.15, 0.2) is 16.7 Å². The summed E-state index contributed by atoms with van der Waals surface area (Å²) >= 11 is 9.47. The Morgan fingerprint density at radius 2 is 2.00 bits per heavy atom. The van der Waals surface area contributed by atoms with Gasteiger partial charge in [0.1, 0.15) is 0 Å². The monoisotopic (exact) mass is 299 g/mol. The number of rotatable bonds is 1. The Balaban J connectivity index is 2.63. The molecule has 0 bridgehead atoms. The van der Waals surface area contributed by atoms with Gasteiger partial charge in [-0.25, -0.2) is 9.67 Å². The summed E-state index contributed by atoms with van der Waals surface area (Å²) < 4.78 is 2.64. The maximum absolute atomic E-state index is 6.14. The van der Waals surface area contributed by atoms with Crippen molar-refractivity contribution >= 4 is 27.5 Å². The number of pyridine rings is 1. The Morgan fingerprint density at radius 1 is 1.31 bits per heavy atom. The molecular weight excluding hydrogens is 289 g/mol. The third kappa shape index (κ3) is 1.87. The fourth-order valence-corrected chi connectivity index (χ4v) is 2.20. The van der Waals surface area contributed by atoms with Gasteiger partial charge in [0.15, 0.2) is 5.82 Å². The van der Waals surface area contributed by atoms with E-state index in [1.54, 1.807) is 10.9 Å². The van der Waals surface area contributed by atoms with Crippen LogP contribution in [0.25, 0.3) is 5.82 Å². The summed E-state index contributed by atoms with van der Waals surface area (Å²) in [6, 6.07) is 1.82. The van der Waals surface area contributed by atoms with Gasteiger partial charge >= 0.3 is 0 Å². The van der Waals surface area contributed by atoms with Crippen molar-refractivity contribution in [1.82, 2.24) is 14.8 Å². The topological polar surface area (TPSA) is 30.7 Å². The Bertz CT molecular complexity index is 548. The Kier molecular flexibility index (Phi) is 3.04. The highest BCUT2D eigenvalue weighted by molar-refractivity contribution is 9.10. The summed E-state index contributed by atoms with van der Waals surface area (Å²) in [7, 11) is 0. The van der Waals surface area contributed by atoms with Crippen LogP contribution >= 0.6 is 27.5 Å². The minimum absolute atomic E-state index is 0.583. The quantitative estimate of drug-likeness (QED) is 0.805. The van der Waals surface area contributed by atoms with Crippen LogP contribution in [0.3, 0.4) is 0 Å². The molecule has 0 N–H and O–H groups in total. The molecule has 2 aromatic rings. The third-order valence-electron chi connectivity index (χ3n) is 2.64. The molecule has 0 unspecified atom stereocenters. The number of nitrogens with zero attached hydrogens (tertiary/aromatic N) is 3. The average molecular weight is 301 g/mol. The highest BCUT2D eigenvalue weighted by Gasteiger charge is 2.12. The largest absolute Gasteiger partial charge is 0.235 e. The molecule has 0 atom stereocenters. The summed E-state index contributed by atoms with van der Waals surface area (Å²) in [5, 5.41) is 5.01. The molecule has 0 aliphatic carbocycles. The normalized spacial score (nSPS) is 10.8. The molecule has 0 saturated heterocycles.